The molecule has 1 atom stereocenters. The molecule has 5 rings (SSSR count). The molecule has 1 aliphatic carbocycles. The predicted molar refractivity (Wildman–Crippen MR) is 162 cm³/mol. The number of carboxylic acids is 1. The molecule has 8 nitrogen and oxygen atoms in total. The van der Waals surface area contributed by atoms with Crippen molar-refractivity contribution in [2.75, 3.05) is 11.9 Å². The average Bonchev–Trinajstić information content (AvgIpc) is 3.41. The van der Waals surface area contributed by atoms with Gasteiger partial charge in [-0.15, -0.1) is 0 Å². The lowest BCUT2D eigenvalue weighted by Crippen LogP contribution is -2.33. The second-order valence-corrected chi connectivity index (χ2v) is 11.8. The molecular formula is C32H31F3N4O4S. The number of aromatic nitrogens is 1. The maximum Gasteiger partial charge on any atom is 0.416 e. The fraction of sp³-hybridized carbons (Fsp3) is 0.312. The van der Waals surface area contributed by atoms with Gasteiger partial charge in [-0.3, -0.25) is 14.9 Å². The Labute approximate surface area is 255 Å². The van der Waals surface area contributed by atoms with Crippen LogP contribution in [0.2, 0.25) is 0 Å². The minimum Gasteiger partial charge on any atom is -0.481 e. The smallest absolute Gasteiger partial charge is 0.416 e. The number of aliphatic carboxylic acids is 1. The quantitative estimate of drug-likeness (QED) is 0.154. The molecule has 4 aromatic rings. The maximum absolute atomic E-state index is 13.2. The van der Waals surface area contributed by atoms with Gasteiger partial charge in [-0.1, -0.05) is 67.0 Å². The summed E-state index contributed by atoms with van der Waals surface area (Å²) in [6, 6.07) is 16.7. The summed E-state index contributed by atoms with van der Waals surface area (Å²) in [5.74, 6) is -0.927. The van der Waals surface area contributed by atoms with Gasteiger partial charge in [0, 0.05) is 12.1 Å². The van der Waals surface area contributed by atoms with Gasteiger partial charge in [0.15, 0.2) is 5.13 Å². The molecule has 12 heteroatoms. The van der Waals surface area contributed by atoms with Gasteiger partial charge in [0.1, 0.15) is 0 Å². The highest BCUT2D eigenvalue weighted by Gasteiger charge is 2.31. The zero-order valence-corrected chi connectivity index (χ0v) is 24.4. The lowest BCUT2D eigenvalue weighted by atomic mass is 9.83. The summed E-state index contributed by atoms with van der Waals surface area (Å²) in [4.78, 5) is 40.6. The summed E-state index contributed by atoms with van der Waals surface area (Å²) in [5.41, 5.74) is 2.39. The number of benzene rings is 3. The van der Waals surface area contributed by atoms with E-state index in [-0.39, 0.29) is 23.6 Å². The van der Waals surface area contributed by atoms with Crippen LogP contribution in [0.25, 0.3) is 10.2 Å². The number of carbonyl (C=O) groups is 3. The van der Waals surface area contributed by atoms with Crippen LogP contribution >= 0.6 is 11.3 Å². The second-order valence-electron chi connectivity index (χ2n) is 10.8. The number of hydrogen-bond donors (Lipinski definition) is 4. The van der Waals surface area contributed by atoms with Crippen LogP contribution in [0.5, 0.6) is 0 Å². The Bertz CT molecular complexity index is 1630. The number of nitrogens with one attached hydrogen (secondary N) is 3. The number of carboxylic acid groups (broad SMARTS) is 1. The molecule has 3 amide bonds. The number of anilines is 1. The fourth-order valence-corrected chi connectivity index (χ4v) is 6.23. The maximum atomic E-state index is 13.2. The third-order valence-corrected chi connectivity index (χ3v) is 8.64. The molecule has 0 bridgehead atoms. The van der Waals surface area contributed by atoms with Crippen molar-refractivity contribution in [1.29, 1.82) is 0 Å². The van der Waals surface area contributed by atoms with Crippen LogP contribution in [-0.2, 0) is 11.0 Å². The Morgan fingerprint density at radius 2 is 1.59 bits per heavy atom. The van der Waals surface area contributed by atoms with Crippen LogP contribution in [0.15, 0.2) is 66.7 Å². The number of halogens is 3. The number of alkyl halides is 3. The molecule has 0 aliphatic heterocycles. The van der Waals surface area contributed by atoms with Crippen LogP contribution in [0.3, 0.4) is 0 Å². The van der Waals surface area contributed by atoms with E-state index in [0.29, 0.717) is 21.7 Å². The second kappa shape index (κ2) is 13.5. The van der Waals surface area contributed by atoms with Crippen LogP contribution < -0.4 is 16.0 Å². The summed E-state index contributed by atoms with van der Waals surface area (Å²) in [7, 11) is 0. The molecule has 4 N–H and O–H groups in total. The molecule has 0 saturated heterocycles. The number of urea groups is 1. The number of rotatable bonds is 9. The lowest BCUT2D eigenvalue weighted by Gasteiger charge is -2.24. The van der Waals surface area contributed by atoms with E-state index in [4.69, 9.17) is 5.11 Å². The van der Waals surface area contributed by atoms with Crippen LogP contribution in [0.1, 0.15) is 83.1 Å². The third kappa shape index (κ3) is 7.73. The first-order valence-corrected chi connectivity index (χ1v) is 15.1. The van der Waals surface area contributed by atoms with Crippen LogP contribution in [0.4, 0.5) is 23.1 Å². The zero-order chi connectivity index (χ0) is 31.3. The monoisotopic (exact) mass is 624 g/mol. The fourth-order valence-electron chi connectivity index (χ4n) is 5.39. The van der Waals surface area contributed by atoms with E-state index < -0.39 is 35.7 Å². The van der Waals surface area contributed by atoms with Crippen molar-refractivity contribution in [1.82, 2.24) is 15.6 Å². The Morgan fingerprint density at radius 1 is 0.932 bits per heavy atom. The largest absolute Gasteiger partial charge is 0.481 e. The van der Waals surface area contributed by atoms with Crippen molar-refractivity contribution >= 4 is 44.6 Å². The zero-order valence-electron chi connectivity index (χ0n) is 23.6. The van der Waals surface area contributed by atoms with Gasteiger partial charge < -0.3 is 15.7 Å². The van der Waals surface area contributed by atoms with Gasteiger partial charge >= 0.3 is 18.2 Å². The van der Waals surface area contributed by atoms with E-state index in [9.17, 15) is 27.6 Å². The van der Waals surface area contributed by atoms with Gasteiger partial charge in [0.25, 0.3) is 5.91 Å². The highest BCUT2D eigenvalue weighted by atomic mass is 32.1. The van der Waals surface area contributed by atoms with Crippen molar-refractivity contribution in [3.8, 4) is 0 Å². The molecular weight excluding hydrogens is 593 g/mol. The van der Waals surface area contributed by atoms with Crippen molar-refractivity contribution in [3.63, 3.8) is 0 Å². The molecule has 44 heavy (non-hydrogen) atoms. The topological polar surface area (TPSA) is 120 Å². The van der Waals surface area contributed by atoms with Crippen molar-refractivity contribution in [2.45, 2.75) is 56.7 Å². The molecule has 0 radical (unpaired) electrons. The number of nitrogens with zero attached hydrogens (tertiary/aromatic N) is 1. The molecule has 1 fully saturated rings. The number of fused-ring (bicyclic) bond motifs is 1. The first kappa shape index (κ1) is 31.0. The molecule has 3 aromatic carbocycles. The van der Waals surface area contributed by atoms with Gasteiger partial charge in [0.05, 0.1) is 28.2 Å². The minimum atomic E-state index is -4.50. The van der Waals surface area contributed by atoms with Gasteiger partial charge in [0.2, 0.25) is 0 Å². The van der Waals surface area contributed by atoms with Gasteiger partial charge in [-0.25, -0.2) is 9.78 Å². The van der Waals surface area contributed by atoms with Crippen molar-refractivity contribution in [3.05, 3.63) is 94.5 Å². The molecule has 1 unspecified atom stereocenters. The first-order valence-electron chi connectivity index (χ1n) is 14.3. The molecule has 1 aliphatic rings. The number of thiazole rings is 1. The average molecular weight is 625 g/mol. The molecule has 1 saturated carbocycles. The van der Waals surface area contributed by atoms with Gasteiger partial charge in [-0.05, 0) is 65.8 Å². The molecule has 0 spiro atoms. The summed E-state index contributed by atoms with van der Waals surface area (Å²) in [6.45, 7) is -0.00308. The van der Waals surface area contributed by atoms with E-state index in [0.717, 1.165) is 41.9 Å². The SMILES string of the molecule is O=C(O)CCNC(=O)c1ccc(C(NC(=O)Nc2nc3cc(C(F)(F)F)ccc3s2)c2ccc(C3CCCCC3)cc2)cc1. The third-order valence-electron chi connectivity index (χ3n) is 7.69. The number of carbonyl (C=O) groups excluding carboxylic acids is 2. The van der Waals surface area contributed by atoms with E-state index in [2.05, 4.69) is 33.1 Å². The van der Waals surface area contributed by atoms with Crippen molar-refractivity contribution < 1.29 is 32.7 Å². The summed E-state index contributed by atoms with van der Waals surface area (Å²) >= 11 is 1.06. The summed E-state index contributed by atoms with van der Waals surface area (Å²) < 4.78 is 39.9. The van der Waals surface area contributed by atoms with Crippen molar-refractivity contribution in [2.24, 2.45) is 0 Å². The molecule has 1 aromatic heterocycles. The van der Waals surface area contributed by atoms with E-state index in [1.54, 1.807) is 24.3 Å². The van der Waals surface area contributed by atoms with E-state index in [1.165, 1.54) is 30.9 Å². The highest BCUT2D eigenvalue weighted by molar-refractivity contribution is 7.22. The number of amides is 3. The van der Waals surface area contributed by atoms with E-state index >= 15 is 0 Å². The predicted octanol–water partition coefficient (Wildman–Crippen LogP) is 7.48. The molecule has 230 valence electrons. The Balaban J connectivity index is 1.35. The first-order chi connectivity index (χ1) is 21.1. The highest BCUT2D eigenvalue weighted by Crippen LogP contribution is 2.35. The summed E-state index contributed by atoms with van der Waals surface area (Å²) in [5, 5.41) is 17.1. The minimum absolute atomic E-state index is 0.00308. The lowest BCUT2D eigenvalue weighted by molar-refractivity contribution is -0.138. The Kier molecular flexibility index (Phi) is 9.48. The number of hydrogen-bond acceptors (Lipinski definition) is 5. The Hall–Kier alpha value is -4.45. The van der Waals surface area contributed by atoms with Gasteiger partial charge in [-0.2, -0.15) is 13.2 Å². The summed E-state index contributed by atoms with van der Waals surface area (Å²) in [6.07, 6.45) is 1.25. The Morgan fingerprint density at radius 3 is 2.23 bits per heavy atom. The van der Waals surface area contributed by atoms with Crippen LogP contribution in [-0.4, -0.2) is 34.5 Å². The van der Waals surface area contributed by atoms with E-state index in [1.807, 2.05) is 12.1 Å². The normalized spacial score (nSPS) is 14.6. The standard InChI is InChI=1S/C32H31F3N4O4S/c33-32(34,35)24-14-15-26-25(18-24)37-31(44-26)39-30(43)38-28(21-8-6-20(7-9-21)19-4-2-1-3-5-19)22-10-12-23(13-11-22)29(42)36-17-16-27(40)41/h6-15,18-19,28H,1-5,16-17H2,(H,36,42)(H,40,41)(H2,37,38,39,43). The van der Waals surface area contributed by atoms with Crippen LogP contribution in [0, 0.1) is 0 Å². The molecule has 1 heterocycles.